The van der Waals surface area contributed by atoms with Gasteiger partial charge in [-0.15, -0.1) is 0 Å². The Kier molecular flexibility index (Phi) is 5.37. The van der Waals surface area contributed by atoms with Crippen molar-refractivity contribution < 1.29 is 9.18 Å². The third kappa shape index (κ3) is 4.29. The van der Waals surface area contributed by atoms with Crippen LogP contribution in [0.5, 0.6) is 0 Å². The largest absolute Gasteiger partial charge is 0.349 e. The van der Waals surface area contributed by atoms with Gasteiger partial charge < -0.3 is 10.6 Å². The normalized spacial score (nSPS) is 24.7. The molecule has 0 aliphatic heterocycles. The predicted octanol–water partition coefficient (Wildman–Crippen LogP) is 5.05. The molecule has 5 heteroatoms. The molecule has 1 heterocycles. The van der Waals surface area contributed by atoms with Crippen molar-refractivity contribution in [1.29, 1.82) is 0 Å². The van der Waals surface area contributed by atoms with E-state index in [4.69, 9.17) is 0 Å². The molecule has 0 radical (unpaired) electrons. The number of aromatic nitrogens is 1. The summed E-state index contributed by atoms with van der Waals surface area (Å²) in [5, 5.41) is 6.28. The number of halogens is 1. The Labute approximate surface area is 159 Å². The van der Waals surface area contributed by atoms with Crippen molar-refractivity contribution in [3.05, 3.63) is 54.0 Å². The third-order valence-electron chi connectivity index (χ3n) is 6.01. The number of amides is 1. The zero-order valence-electron chi connectivity index (χ0n) is 15.5. The fraction of sp³-hybridized carbons (Fsp3) is 0.455. The first-order valence-corrected chi connectivity index (χ1v) is 9.97. The van der Waals surface area contributed by atoms with Gasteiger partial charge in [0.25, 0.3) is 5.91 Å². The Bertz CT molecular complexity index is 810. The van der Waals surface area contributed by atoms with E-state index in [9.17, 15) is 9.18 Å². The summed E-state index contributed by atoms with van der Waals surface area (Å²) in [4.78, 5) is 17.2. The lowest BCUT2D eigenvalue weighted by molar-refractivity contribution is 0.0880. The molecule has 4 nitrogen and oxygen atoms in total. The summed E-state index contributed by atoms with van der Waals surface area (Å²) in [5.74, 6) is 1.63. The van der Waals surface area contributed by atoms with Gasteiger partial charge in [-0.2, -0.15) is 0 Å². The molecule has 2 N–H and O–H groups in total. The minimum absolute atomic E-state index is 0.110. The van der Waals surface area contributed by atoms with Crippen LogP contribution in [0, 0.1) is 17.7 Å². The van der Waals surface area contributed by atoms with Crippen LogP contribution in [0.25, 0.3) is 0 Å². The van der Waals surface area contributed by atoms with Crippen LogP contribution >= 0.6 is 0 Å². The molecule has 0 unspecified atom stereocenters. The van der Waals surface area contributed by atoms with Crippen molar-refractivity contribution in [2.24, 2.45) is 11.8 Å². The topological polar surface area (TPSA) is 54.0 Å². The van der Waals surface area contributed by atoms with Crippen LogP contribution in [0.1, 0.15) is 55.3 Å². The summed E-state index contributed by atoms with van der Waals surface area (Å²) in [6.45, 7) is 0. The predicted molar refractivity (Wildman–Crippen MR) is 104 cm³/mol. The fourth-order valence-electron chi connectivity index (χ4n) is 4.66. The van der Waals surface area contributed by atoms with Crippen LogP contribution in [0.2, 0.25) is 0 Å². The summed E-state index contributed by atoms with van der Waals surface area (Å²) in [7, 11) is 0. The number of carbonyl (C=O) groups is 1. The van der Waals surface area contributed by atoms with E-state index < -0.39 is 0 Å². The van der Waals surface area contributed by atoms with Crippen molar-refractivity contribution in [3.63, 3.8) is 0 Å². The number of nitrogens with one attached hydrogen (secondary N) is 2. The van der Waals surface area contributed by atoms with Crippen molar-refractivity contribution in [3.8, 4) is 0 Å². The van der Waals surface area contributed by atoms with Crippen LogP contribution in [-0.4, -0.2) is 16.9 Å². The number of hydrogen-bond acceptors (Lipinski definition) is 3. The average Bonchev–Trinajstić information content (AvgIpc) is 2.68. The summed E-state index contributed by atoms with van der Waals surface area (Å²) in [5.41, 5.74) is 1.07. The SMILES string of the molecule is O=C(N[C@@H]1CC[C@@H]2CCCC[C@@H]2C1)c1cccnc1Nc1cccc(F)c1. The molecule has 1 aromatic carbocycles. The Hall–Kier alpha value is -2.43. The Morgan fingerprint density at radius 1 is 1.04 bits per heavy atom. The first-order valence-electron chi connectivity index (χ1n) is 9.97. The highest BCUT2D eigenvalue weighted by atomic mass is 19.1. The van der Waals surface area contributed by atoms with Gasteiger partial charge in [0.1, 0.15) is 11.6 Å². The van der Waals surface area contributed by atoms with Crippen molar-refractivity contribution >= 4 is 17.4 Å². The second kappa shape index (κ2) is 8.07. The van der Waals surface area contributed by atoms with Crippen molar-refractivity contribution in [2.75, 3.05) is 5.32 Å². The highest BCUT2D eigenvalue weighted by molar-refractivity contribution is 5.99. The summed E-state index contributed by atoms with van der Waals surface area (Å²) >= 11 is 0. The molecule has 2 saturated carbocycles. The van der Waals surface area contributed by atoms with Gasteiger partial charge in [-0.25, -0.2) is 9.37 Å². The van der Waals surface area contributed by atoms with E-state index in [1.165, 1.54) is 44.2 Å². The molecule has 2 aliphatic rings. The average molecular weight is 367 g/mol. The van der Waals surface area contributed by atoms with E-state index in [1.807, 2.05) is 0 Å². The van der Waals surface area contributed by atoms with Gasteiger partial charge in [-0.3, -0.25) is 4.79 Å². The lowest BCUT2D eigenvalue weighted by atomic mass is 9.69. The summed E-state index contributed by atoms with van der Waals surface area (Å²) in [6.07, 6.45) is 10.3. The second-order valence-electron chi connectivity index (χ2n) is 7.82. The standard InChI is InChI=1S/C22H26FN3O/c23-17-7-3-8-18(14-17)25-21-20(9-4-12-24-21)22(27)26-19-11-10-15-5-1-2-6-16(15)13-19/h3-4,7-9,12,14-16,19H,1-2,5-6,10-11,13H2,(H,24,25)(H,26,27)/t15-,16+,19+/m0/s1. The van der Waals surface area contributed by atoms with Gasteiger partial charge in [0.05, 0.1) is 5.56 Å². The third-order valence-corrected chi connectivity index (χ3v) is 6.01. The zero-order chi connectivity index (χ0) is 18.6. The fourth-order valence-corrected chi connectivity index (χ4v) is 4.66. The Balaban J connectivity index is 1.44. The molecule has 2 fully saturated rings. The van der Waals surface area contributed by atoms with Gasteiger partial charge in [-0.05, 0) is 61.4 Å². The molecule has 2 aromatic rings. The molecule has 1 aromatic heterocycles. The number of nitrogens with zero attached hydrogens (tertiary/aromatic N) is 1. The van der Waals surface area contributed by atoms with Gasteiger partial charge >= 0.3 is 0 Å². The zero-order valence-corrected chi connectivity index (χ0v) is 15.5. The van der Waals surface area contributed by atoms with Crippen LogP contribution in [0.15, 0.2) is 42.6 Å². The smallest absolute Gasteiger partial charge is 0.255 e. The first-order chi connectivity index (χ1) is 13.2. The number of pyridine rings is 1. The molecule has 142 valence electrons. The number of fused-ring (bicyclic) bond motifs is 1. The van der Waals surface area contributed by atoms with Crippen LogP contribution in [0.4, 0.5) is 15.9 Å². The van der Waals surface area contributed by atoms with Crippen molar-refractivity contribution in [2.45, 2.75) is 51.0 Å². The van der Waals surface area contributed by atoms with Crippen LogP contribution < -0.4 is 10.6 Å². The van der Waals surface area contributed by atoms with E-state index in [-0.39, 0.29) is 17.8 Å². The maximum atomic E-state index is 13.4. The van der Waals surface area contributed by atoms with Crippen molar-refractivity contribution in [1.82, 2.24) is 10.3 Å². The maximum Gasteiger partial charge on any atom is 0.255 e. The van der Waals surface area contributed by atoms with E-state index in [2.05, 4.69) is 15.6 Å². The number of rotatable bonds is 4. The molecular formula is C22H26FN3O. The summed E-state index contributed by atoms with van der Waals surface area (Å²) < 4.78 is 13.4. The summed E-state index contributed by atoms with van der Waals surface area (Å²) in [6, 6.07) is 9.91. The Morgan fingerprint density at radius 2 is 1.89 bits per heavy atom. The molecule has 4 rings (SSSR count). The maximum absolute atomic E-state index is 13.4. The lowest BCUT2D eigenvalue weighted by Gasteiger charge is -2.39. The van der Waals surface area contributed by atoms with E-state index in [1.54, 1.807) is 30.5 Å². The molecule has 27 heavy (non-hydrogen) atoms. The van der Waals surface area contributed by atoms with Gasteiger partial charge in [-0.1, -0.05) is 31.7 Å². The number of hydrogen-bond donors (Lipinski definition) is 2. The van der Waals surface area contributed by atoms with Crippen LogP contribution in [-0.2, 0) is 0 Å². The molecule has 0 saturated heterocycles. The number of anilines is 2. The van der Waals surface area contributed by atoms with Gasteiger partial charge in [0.2, 0.25) is 0 Å². The molecule has 1 amide bonds. The molecular weight excluding hydrogens is 341 g/mol. The van der Waals surface area contributed by atoms with Crippen LogP contribution in [0.3, 0.4) is 0 Å². The number of carbonyl (C=O) groups excluding carboxylic acids is 1. The molecule has 0 bridgehead atoms. The highest BCUT2D eigenvalue weighted by Crippen LogP contribution is 2.40. The first kappa shape index (κ1) is 18.0. The number of benzene rings is 1. The highest BCUT2D eigenvalue weighted by Gasteiger charge is 2.33. The van der Waals surface area contributed by atoms with E-state index >= 15 is 0 Å². The quantitative estimate of drug-likeness (QED) is 0.795. The minimum Gasteiger partial charge on any atom is -0.349 e. The van der Waals surface area contributed by atoms with Gasteiger partial charge in [0, 0.05) is 17.9 Å². The Morgan fingerprint density at radius 3 is 2.74 bits per heavy atom. The monoisotopic (exact) mass is 367 g/mol. The molecule has 2 aliphatic carbocycles. The molecule has 0 spiro atoms. The van der Waals surface area contributed by atoms with Gasteiger partial charge in [0.15, 0.2) is 0 Å². The minimum atomic E-state index is -0.328. The second-order valence-corrected chi connectivity index (χ2v) is 7.82. The molecule has 3 atom stereocenters. The lowest BCUT2D eigenvalue weighted by Crippen LogP contribution is -2.41. The van der Waals surface area contributed by atoms with E-state index in [0.717, 1.165) is 24.7 Å². The van der Waals surface area contributed by atoms with E-state index in [0.29, 0.717) is 17.1 Å².